The maximum Gasteiger partial charge on any atom is 0.00499 e. The number of hydrogen-bond donors (Lipinski definition) is 1. The minimum atomic E-state index is 0.483. The Morgan fingerprint density at radius 1 is 1.05 bits per heavy atom. The number of piperidine rings is 1. The predicted octanol–water partition coefficient (Wildman–Crippen LogP) is 3.91. The molecule has 1 aliphatic heterocycles. The highest BCUT2D eigenvalue weighted by Gasteiger charge is 2.32. The van der Waals surface area contributed by atoms with Gasteiger partial charge in [0.25, 0.3) is 0 Å². The molecule has 0 aromatic heterocycles. The van der Waals surface area contributed by atoms with Crippen molar-refractivity contribution in [1.82, 2.24) is 10.2 Å². The molecule has 1 saturated heterocycles. The average molecular weight is 268 g/mol. The largest absolute Gasteiger partial charge is 0.316 e. The van der Waals surface area contributed by atoms with Crippen LogP contribution in [0.4, 0.5) is 0 Å². The van der Waals surface area contributed by atoms with E-state index in [-0.39, 0.29) is 0 Å². The standard InChI is InChI=1S/C17H36N2/c1-6-11-18-14-17(7-2,8-3)15-19-12-9-16(4,5)10-13-19/h18H,6-15H2,1-5H3. The Labute approximate surface area is 121 Å². The molecule has 0 spiro atoms. The maximum atomic E-state index is 3.66. The van der Waals surface area contributed by atoms with E-state index < -0.39 is 0 Å². The smallest absolute Gasteiger partial charge is 0.00499 e. The Morgan fingerprint density at radius 3 is 2.11 bits per heavy atom. The second-order valence-corrected chi connectivity index (χ2v) is 7.32. The molecule has 0 aromatic rings. The lowest BCUT2D eigenvalue weighted by molar-refractivity contribution is 0.0760. The fourth-order valence-corrected chi connectivity index (χ4v) is 3.10. The number of nitrogens with zero attached hydrogens (tertiary/aromatic N) is 1. The van der Waals surface area contributed by atoms with Crippen LogP contribution in [0.15, 0.2) is 0 Å². The van der Waals surface area contributed by atoms with Crippen LogP contribution in [0.3, 0.4) is 0 Å². The lowest BCUT2D eigenvalue weighted by Crippen LogP contribution is -2.47. The molecule has 114 valence electrons. The topological polar surface area (TPSA) is 15.3 Å². The van der Waals surface area contributed by atoms with Crippen LogP contribution >= 0.6 is 0 Å². The van der Waals surface area contributed by atoms with Crippen molar-refractivity contribution in [1.29, 1.82) is 0 Å². The first kappa shape index (κ1) is 17.0. The van der Waals surface area contributed by atoms with E-state index >= 15 is 0 Å². The predicted molar refractivity (Wildman–Crippen MR) is 85.6 cm³/mol. The van der Waals surface area contributed by atoms with Gasteiger partial charge < -0.3 is 10.2 Å². The third kappa shape index (κ3) is 5.43. The quantitative estimate of drug-likeness (QED) is 0.671. The summed E-state index contributed by atoms with van der Waals surface area (Å²) in [6.45, 7) is 18.0. The number of rotatable bonds is 8. The van der Waals surface area contributed by atoms with E-state index in [0.29, 0.717) is 10.8 Å². The molecular weight excluding hydrogens is 232 g/mol. The Morgan fingerprint density at radius 2 is 1.63 bits per heavy atom. The lowest BCUT2D eigenvalue weighted by atomic mass is 9.78. The monoisotopic (exact) mass is 268 g/mol. The average Bonchev–Trinajstić information content (AvgIpc) is 2.40. The van der Waals surface area contributed by atoms with Gasteiger partial charge in [-0.2, -0.15) is 0 Å². The zero-order valence-corrected chi connectivity index (χ0v) is 14.0. The molecule has 1 fully saturated rings. The summed E-state index contributed by atoms with van der Waals surface area (Å²) in [5.41, 5.74) is 1.05. The molecule has 2 heteroatoms. The fraction of sp³-hybridized carbons (Fsp3) is 1.00. The van der Waals surface area contributed by atoms with Crippen molar-refractivity contribution >= 4 is 0 Å². The van der Waals surface area contributed by atoms with Crippen molar-refractivity contribution in [2.45, 2.75) is 66.7 Å². The zero-order chi connectivity index (χ0) is 14.4. The number of likely N-dealkylation sites (tertiary alicyclic amines) is 1. The summed E-state index contributed by atoms with van der Waals surface area (Å²) in [7, 11) is 0. The van der Waals surface area contributed by atoms with Crippen molar-refractivity contribution in [2.75, 3.05) is 32.7 Å². The van der Waals surface area contributed by atoms with E-state index in [2.05, 4.69) is 44.8 Å². The SMILES string of the molecule is CCCNCC(CC)(CC)CN1CCC(C)(C)CC1. The third-order valence-corrected chi connectivity index (χ3v) is 5.20. The van der Waals surface area contributed by atoms with Crippen molar-refractivity contribution in [2.24, 2.45) is 10.8 Å². The molecule has 0 aromatic carbocycles. The maximum absolute atomic E-state index is 3.66. The van der Waals surface area contributed by atoms with E-state index in [4.69, 9.17) is 0 Å². The van der Waals surface area contributed by atoms with Crippen LogP contribution in [0.5, 0.6) is 0 Å². The van der Waals surface area contributed by atoms with Crippen LogP contribution in [0.25, 0.3) is 0 Å². The molecule has 0 atom stereocenters. The van der Waals surface area contributed by atoms with Crippen LogP contribution in [0.1, 0.15) is 66.7 Å². The van der Waals surface area contributed by atoms with Crippen molar-refractivity contribution in [3.05, 3.63) is 0 Å². The molecular formula is C17H36N2. The summed E-state index contributed by atoms with van der Waals surface area (Å²) in [6.07, 6.45) is 6.54. The van der Waals surface area contributed by atoms with E-state index in [1.807, 2.05) is 0 Å². The molecule has 1 N–H and O–H groups in total. The van der Waals surface area contributed by atoms with Gasteiger partial charge >= 0.3 is 0 Å². The molecule has 1 rings (SSSR count). The molecule has 19 heavy (non-hydrogen) atoms. The molecule has 1 heterocycles. The van der Waals surface area contributed by atoms with Crippen LogP contribution in [-0.4, -0.2) is 37.6 Å². The van der Waals surface area contributed by atoms with Crippen molar-refractivity contribution in [3.8, 4) is 0 Å². The normalized spacial score (nSPS) is 20.7. The minimum absolute atomic E-state index is 0.483. The first-order valence-corrected chi connectivity index (χ1v) is 8.40. The second kappa shape index (κ2) is 7.64. The molecule has 2 nitrogen and oxygen atoms in total. The Hall–Kier alpha value is -0.0800. The highest BCUT2D eigenvalue weighted by atomic mass is 15.1. The summed E-state index contributed by atoms with van der Waals surface area (Å²) in [5, 5.41) is 3.66. The van der Waals surface area contributed by atoms with Crippen LogP contribution in [-0.2, 0) is 0 Å². The van der Waals surface area contributed by atoms with Gasteiger partial charge in [0.05, 0.1) is 0 Å². The molecule has 1 aliphatic rings. The molecule has 0 radical (unpaired) electrons. The second-order valence-electron chi connectivity index (χ2n) is 7.32. The summed E-state index contributed by atoms with van der Waals surface area (Å²) >= 11 is 0. The Kier molecular flexibility index (Phi) is 6.82. The third-order valence-electron chi connectivity index (χ3n) is 5.20. The highest BCUT2D eigenvalue weighted by Crippen LogP contribution is 2.33. The van der Waals surface area contributed by atoms with E-state index in [0.717, 1.165) is 6.54 Å². The lowest BCUT2D eigenvalue weighted by Gasteiger charge is -2.43. The zero-order valence-electron chi connectivity index (χ0n) is 14.0. The Bertz CT molecular complexity index is 234. The van der Waals surface area contributed by atoms with E-state index in [1.54, 1.807) is 0 Å². The number of hydrogen-bond acceptors (Lipinski definition) is 2. The minimum Gasteiger partial charge on any atom is -0.316 e. The molecule has 0 unspecified atom stereocenters. The Balaban J connectivity index is 2.48. The van der Waals surface area contributed by atoms with Crippen molar-refractivity contribution < 1.29 is 0 Å². The van der Waals surface area contributed by atoms with Crippen LogP contribution in [0, 0.1) is 10.8 Å². The van der Waals surface area contributed by atoms with Crippen LogP contribution < -0.4 is 5.32 Å². The highest BCUT2D eigenvalue weighted by molar-refractivity contribution is 4.86. The van der Waals surface area contributed by atoms with E-state index in [1.165, 1.54) is 58.3 Å². The fourth-order valence-electron chi connectivity index (χ4n) is 3.10. The number of nitrogens with one attached hydrogen (secondary N) is 1. The van der Waals surface area contributed by atoms with Gasteiger partial charge in [-0.3, -0.25) is 0 Å². The molecule has 0 saturated carbocycles. The van der Waals surface area contributed by atoms with Gasteiger partial charge in [-0.05, 0) is 62.6 Å². The van der Waals surface area contributed by atoms with Crippen molar-refractivity contribution in [3.63, 3.8) is 0 Å². The first-order valence-electron chi connectivity index (χ1n) is 8.40. The summed E-state index contributed by atoms with van der Waals surface area (Å²) in [6, 6.07) is 0. The van der Waals surface area contributed by atoms with Gasteiger partial charge in [-0.25, -0.2) is 0 Å². The van der Waals surface area contributed by atoms with Gasteiger partial charge in [0.2, 0.25) is 0 Å². The molecule has 0 bridgehead atoms. The first-order chi connectivity index (χ1) is 8.97. The van der Waals surface area contributed by atoms with E-state index in [9.17, 15) is 0 Å². The molecule has 0 amide bonds. The van der Waals surface area contributed by atoms with Gasteiger partial charge in [-0.1, -0.05) is 34.6 Å². The summed E-state index contributed by atoms with van der Waals surface area (Å²) in [5.74, 6) is 0. The van der Waals surface area contributed by atoms with Gasteiger partial charge in [-0.15, -0.1) is 0 Å². The summed E-state index contributed by atoms with van der Waals surface area (Å²) < 4.78 is 0. The van der Waals surface area contributed by atoms with Gasteiger partial charge in [0, 0.05) is 13.1 Å². The van der Waals surface area contributed by atoms with Crippen LogP contribution in [0.2, 0.25) is 0 Å². The summed E-state index contributed by atoms with van der Waals surface area (Å²) in [4.78, 5) is 2.71. The van der Waals surface area contributed by atoms with Gasteiger partial charge in [0.15, 0.2) is 0 Å². The van der Waals surface area contributed by atoms with Gasteiger partial charge in [0.1, 0.15) is 0 Å². The molecule has 0 aliphatic carbocycles.